The molecule has 0 spiro atoms. The second kappa shape index (κ2) is 10.2. The molecule has 0 aliphatic rings. The monoisotopic (exact) mass is 543 g/mol. The molecule has 8 nitrogen and oxygen atoms in total. The molecular formula is C26H20F3N3O5S. The zero-order valence-corrected chi connectivity index (χ0v) is 21.1. The largest absolute Gasteiger partial charge is 0.477 e. The highest BCUT2D eigenvalue weighted by Crippen LogP contribution is 2.38. The number of nitrogens with zero attached hydrogens (tertiary/aromatic N) is 3. The highest BCUT2D eigenvalue weighted by Gasteiger charge is 2.35. The van der Waals surface area contributed by atoms with E-state index in [9.17, 15) is 27.6 Å². The summed E-state index contributed by atoms with van der Waals surface area (Å²) in [5, 5.41) is 0.517. The van der Waals surface area contributed by atoms with Crippen molar-refractivity contribution in [2.24, 2.45) is 7.05 Å². The Balaban J connectivity index is 1.88. The molecular weight excluding hydrogens is 523 g/mol. The van der Waals surface area contributed by atoms with Gasteiger partial charge in [-0.2, -0.15) is 17.5 Å². The first-order valence-electron chi connectivity index (χ1n) is 11.0. The van der Waals surface area contributed by atoms with Crippen molar-refractivity contribution in [1.29, 1.82) is 0 Å². The van der Waals surface area contributed by atoms with Crippen molar-refractivity contribution in [1.82, 2.24) is 13.5 Å². The van der Waals surface area contributed by atoms with E-state index in [0.717, 1.165) is 24.1 Å². The highest BCUT2D eigenvalue weighted by atomic mass is 32.1. The molecule has 38 heavy (non-hydrogen) atoms. The molecule has 4 rings (SSSR count). The Morgan fingerprint density at radius 2 is 1.92 bits per heavy atom. The number of esters is 1. The van der Waals surface area contributed by atoms with E-state index in [-0.39, 0.29) is 12.1 Å². The molecule has 0 saturated heterocycles. The quantitative estimate of drug-likeness (QED) is 0.269. The molecule has 0 bridgehead atoms. The third-order valence-corrected chi connectivity index (χ3v) is 6.58. The van der Waals surface area contributed by atoms with Crippen molar-refractivity contribution < 1.29 is 27.4 Å². The topological polar surface area (TPSA) is 92.4 Å². The lowest BCUT2D eigenvalue weighted by atomic mass is 10.0. The standard InChI is InChI=1S/C26H20F3N3O5S/c1-5-6-19(24(34)36-4)37-18-9-7-14(2)11-16(18)23-17-12-15(8-10-20(17)38-30-23)32-22(33)13-21(26(27,28)29)31(3)25(32)35/h1,7-13,19H,6H2,2-4H3. The number of ether oxygens (including phenoxy) is 2. The fourth-order valence-corrected chi connectivity index (χ4v) is 4.66. The van der Waals surface area contributed by atoms with Crippen molar-refractivity contribution >= 4 is 27.6 Å². The van der Waals surface area contributed by atoms with Gasteiger partial charge in [0.25, 0.3) is 5.56 Å². The van der Waals surface area contributed by atoms with Gasteiger partial charge in [0.15, 0.2) is 0 Å². The normalized spacial score (nSPS) is 12.2. The first-order valence-corrected chi connectivity index (χ1v) is 11.8. The number of fused-ring (bicyclic) bond motifs is 1. The smallest absolute Gasteiger partial charge is 0.431 e. The summed E-state index contributed by atoms with van der Waals surface area (Å²) < 4.78 is 56.7. The van der Waals surface area contributed by atoms with Crippen molar-refractivity contribution in [2.75, 3.05) is 7.11 Å². The minimum atomic E-state index is -4.87. The van der Waals surface area contributed by atoms with Crippen LogP contribution >= 0.6 is 11.5 Å². The van der Waals surface area contributed by atoms with Crippen molar-refractivity contribution in [3.8, 4) is 35.0 Å². The Kier molecular flexibility index (Phi) is 7.15. The molecule has 1 atom stereocenters. The van der Waals surface area contributed by atoms with Gasteiger partial charge in [-0.3, -0.25) is 9.36 Å². The van der Waals surface area contributed by atoms with Crippen LogP contribution in [-0.2, 0) is 22.8 Å². The average Bonchev–Trinajstić information content (AvgIpc) is 3.29. The number of hydrogen-bond donors (Lipinski definition) is 0. The predicted octanol–water partition coefficient (Wildman–Crippen LogP) is 4.08. The van der Waals surface area contributed by atoms with E-state index in [2.05, 4.69) is 10.3 Å². The summed E-state index contributed by atoms with van der Waals surface area (Å²) in [6, 6.07) is 10.1. The van der Waals surface area contributed by atoms with Crippen LogP contribution in [0.4, 0.5) is 13.2 Å². The lowest BCUT2D eigenvalue weighted by Gasteiger charge is -2.17. The SMILES string of the molecule is C#CCC(Oc1ccc(C)cc1-c1nsc2ccc(-n3c(=O)cc(C(F)(F)F)n(C)c3=O)cc12)C(=O)OC. The number of benzene rings is 2. The highest BCUT2D eigenvalue weighted by molar-refractivity contribution is 7.13. The minimum absolute atomic E-state index is 0.0396. The minimum Gasteiger partial charge on any atom is -0.477 e. The van der Waals surface area contributed by atoms with Gasteiger partial charge in [0.1, 0.15) is 11.4 Å². The number of terminal acetylenes is 1. The van der Waals surface area contributed by atoms with Crippen molar-refractivity contribution in [2.45, 2.75) is 25.6 Å². The fraction of sp³-hybridized carbons (Fsp3) is 0.231. The van der Waals surface area contributed by atoms with Gasteiger partial charge in [0.05, 0.1) is 29.6 Å². The summed E-state index contributed by atoms with van der Waals surface area (Å²) in [4.78, 5) is 37.6. The molecule has 1 unspecified atom stereocenters. The van der Waals surface area contributed by atoms with E-state index in [1.165, 1.54) is 19.2 Å². The molecule has 0 radical (unpaired) electrons. The molecule has 2 aromatic heterocycles. The maximum absolute atomic E-state index is 13.3. The Bertz CT molecular complexity index is 1710. The molecule has 0 aliphatic heterocycles. The van der Waals surface area contributed by atoms with Gasteiger partial charge in [-0.05, 0) is 48.8 Å². The van der Waals surface area contributed by atoms with Crippen LogP contribution in [0.15, 0.2) is 52.1 Å². The number of rotatable bonds is 6. The molecule has 0 amide bonds. The van der Waals surface area contributed by atoms with Gasteiger partial charge in [0.2, 0.25) is 6.10 Å². The van der Waals surface area contributed by atoms with E-state index in [1.54, 1.807) is 24.3 Å². The first-order chi connectivity index (χ1) is 18.0. The zero-order chi connectivity index (χ0) is 27.8. The summed E-state index contributed by atoms with van der Waals surface area (Å²) in [6.07, 6.45) is -0.599. The van der Waals surface area contributed by atoms with Crippen molar-refractivity contribution in [3.63, 3.8) is 0 Å². The van der Waals surface area contributed by atoms with Crippen LogP contribution in [0.3, 0.4) is 0 Å². The van der Waals surface area contributed by atoms with E-state index in [1.807, 2.05) is 6.92 Å². The van der Waals surface area contributed by atoms with Gasteiger partial charge in [-0.25, -0.2) is 14.2 Å². The van der Waals surface area contributed by atoms with Crippen LogP contribution in [-0.4, -0.2) is 32.7 Å². The Labute approximate surface area is 218 Å². The van der Waals surface area contributed by atoms with Gasteiger partial charge in [-0.1, -0.05) is 11.6 Å². The summed E-state index contributed by atoms with van der Waals surface area (Å²) in [5.74, 6) is 2.02. The van der Waals surface area contributed by atoms with Crippen LogP contribution in [0, 0.1) is 19.3 Å². The maximum Gasteiger partial charge on any atom is 0.431 e. The van der Waals surface area contributed by atoms with E-state index in [4.69, 9.17) is 15.9 Å². The lowest BCUT2D eigenvalue weighted by Crippen LogP contribution is -2.40. The molecule has 0 saturated carbocycles. The van der Waals surface area contributed by atoms with Gasteiger partial charge in [-0.15, -0.1) is 12.3 Å². The van der Waals surface area contributed by atoms with E-state index < -0.39 is 35.2 Å². The maximum atomic E-state index is 13.3. The third kappa shape index (κ3) is 4.92. The number of alkyl halides is 3. The first kappa shape index (κ1) is 26.7. The molecule has 0 N–H and O–H groups in total. The van der Waals surface area contributed by atoms with E-state index >= 15 is 0 Å². The zero-order valence-electron chi connectivity index (χ0n) is 20.3. The van der Waals surface area contributed by atoms with Gasteiger partial charge >= 0.3 is 17.8 Å². The number of methoxy groups -OCH3 is 1. The Morgan fingerprint density at radius 1 is 1.18 bits per heavy atom. The summed E-state index contributed by atoms with van der Waals surface area (Å²) in [5.41, 5.74) is -1.78. The molecule has 196 valence electrons. The lowest BCUT2D eigenvalue weighted by molar-refractivity contribution is -0.148. The number of hydrogen-bond acceptors (Lipinski definition) is 7. The average molecular weight is 544 g/mol. The Hall–Kier alpha value is -4.37. The van der Waals surface area contributed by atoms with E-state index in [0.29, 0.717) is 42.3 Å². The van der Waals surface area contributed by atoms with Crippen LogP contribution in [0.5, 0.6) is 5.75 Å². The van der Waals surface area contributed by atoms with Gasteiger partial charge in [0, 0.05) is 24.1 Å². The number of carbonyl (C=O) groups is 1. The number of aromatic nitrogens is 3. The summed E-state index contributed by atoms with van der Waals surface area (Å²) in [7, 11) is 2.16. The summed E-state index contributed by atoms with van der Waals surface area (Å²) >= 11 is 1.14. The van der Waals surface area contributed by atoms with Gasteiger partial charge < -0.3 is 9.47 Å². The fourth-order valence-electron chi connectivity index (χ4n) is 3.89. The predicted molar refractivity (Wildman–Crippen MR) is 136 cm³/mol. The number of aryl methyl sites for hydroxylation is 1. The second-order valence-electron chi connectivity index (χ2n) is 8.29. The second-order valence-corrected chi connectivity index (χ2v) is 9.10. The molecule has 4 aromatic rings. The molecule has 2 aromatic carbocycles. The molecule has 2 heterocycles. The van der Waals surface area contributed by atoms with Crippen LogP contribution in [0.1, 0.15) is 17.7 Å². The third-order valence-electron chi connectivity index (χ3n) is 5.75. The molecule has 12 heteroatoms. The van der Waals surface area contributed by atoms with Crippen LogP contribution in [0.25, 0.3) is 27.0 Å². The molecule has 0 aliphatic carbocycles. The van der Waals surface area contributed by atoms with Crippen LogP contribution in [0.2, 0.25) is 0 Å². The van der Waals surface area contributed by atoms with Crippen LogP contribution < -0.4 is 16.0 Å². The van der Waals surface area contributed by atoms with Crippen molar-refractivity contribution in [3.05, 3.63) is 74.6 Å². The summed E-state index contributed by atoms with van der Waals surface area (Å²) in [6.45, 7) is 1.85. The number of halogens is 3. The number of carbonyl (C=O) groups excluding carboxylic acids is 1. The molecule has 0 fully saturated rings. The Morgan fingerprint density at radius 3 is 2.58 bits per heavy atom.